The van der Waals surface area contributed by atoms with Gasteiger partial charge in [0, 0.05) is 36.7 Å². The molecule has 3 N–H and O–H groups in total. The third-order valence-corrected chi connectivity index (χ3v) is 6.45. The largest absolute Gasteiger partial charge is 0.493 e. The molecule has 0 fully saturated rings. The van der Waals surface area contributed by atoms with Crippen LogP contribution >= 0.6 is 0 Å². The molecule has 3 amide bonds. The summed E-state index contributed by atoms with van der Waals surface area (Å²) in [6.45, 7) is 9.21. The minimum Gasteiger partial charge on any atom is -0.493 e. The quantitative estimate of drug-likeness (QED) is 0.177. The fourth-order valence-corrected chi connectivity index (χ4v) is 4.06. The van der Waals surface area contributed by atoms with E-state index in [0.717, 1.165) is 5.56 Å². The lowest BCUT2D eigenvalue weighted by molar-refractivity contribution is -0.147. The second kappa shape index (κ2) is 15.5. The number of nitrogens with one attached hydrogen (secondary N) is 2. The van der Waals surface area contributed by atoms with Crippen LogP contribution in [0.1, 0.15) is 68.9 Å². The summed E-state index contributed by atoms with van der Waals surface area (Å²) < 4.78 is 9.93. The van der Waals surface area contributed by atoms with Crippen LogP contribution in [-0.2, 0) is 41.7 Å². The normalized spacial score (nSPS) is 11.8. The Kier molecular flexibility index (Phi) is 11.9. The minimum atomic E-state index is -1.03. The molecule has 0 spiro atoms. The first-order valence-corrected chi connectivity index (χ1v) is 14.4. The first-order valence-electron chi connectivity index (χ1n) is 14.4. The van der Waals surface area contributed by atoms with Gasteiger partial charge in [-0.05, 0) is 49.6 Å². The summed E-state index contributed by atoms with van der Waals surface area (Å²) >= 11 is 0. The van der Waals surface area contributed by atoms with Gasteiger partial charge in [0.05, 0.1) is 18.6 Å². The molecule has 0 aliphatic rings. The first kappa shape index (κ1) is 34.4. The molecule has 1 aromatic carbocycles. The number of hydrogen-bond acceptors (Lipinski definition) is 11. The number of aromatic nitrogens is 3. The highest BCUT2D eigenvalue weighted by Crippen LogP contribution is 2.24. The van der Waals surface area contributed by atoms with Crippen LogP contribution in [0, 0.1) is 5.41 Å². The lowest BCUT2D eigenvalue weighted by Crippen LogP contribution is -2.42. The van der Waals surface area contributed by atoms with Gasteiger partial charge in [-0.15, -0.1) is 0 Å². The van der Waals surface area contributed by atoms with Crippen LogP contribution in [0.3, 0.4) is 0 Å². The molecular weight excluding hydrogens is 584 g/mol. The maximum atomic E-state index is 12.9. The Hall–Kier alpha value is -5.14. The van der Waals surface area contributed by atoms with E-state index in [0.29, 0.717) is 12.0 Å². The van der Waals surface area contributed by atoms with E-state index in [1.54, 1.807) is 65.0 Å². The summed E-state index contributed by atoms with van der Waals surface area (Å²) in [4.78, 5) is 75.0. The van der Waals surface area contributed by atoms with E-state index < -0.39 is 29.3 Å². The van der Waals surface area contributed by atoms with Gasteiger partial charge in [-0.1, -0.05) is 32.9 Å². The van der Waals surface area contributed by atoms with Crippen LogP contribution < -0.4 is 10.6 Å². The summed E-state index contributed by atoms with van der Waals surface area (Å²) in [6, 6.07) is 7.05. The molecule has 0 bridgehead atoms. The number of carbonyl (C=O) groups is 5. The number of hydrogen-bond donors (Lipinski definition) is 3. The van der Waals surface area contributed by atoms with Gasteiger partial charge in [0.1, 0.15) is 6.04 Å². The van der Waals surface area contributed by atoms with Crippen LogP contribution in [0.2, 0.25) is 0 Å². The van der Waals surface area contributed by atoms with Crippen molar-refractivity contribution in [2.24, 2.45) is 5.41 Å². The second-order valence-corrected chi connectivity index (χ2v) is 11.1. The average Bonchev–Trinajstić information content (AvgIpc) is 2.99. The van der Waals surface area contributed by atoms with Crippen LogP contribution in [0.5, 0.6) is 5.88 Å². The van der Waals surface area contributed by atoms with Crippen molar-refractivity contribution >= 4 is 47.1 Å². The molecule has 0 unspecified atom stereocenters. The zero-order valence-corrected chi connectivity index (χ0v) is 26.0. The smallest absolute Gasteiger partial charge is 0.328 e. The standard InChI is InChI=1S/C31H38N6O8/c1-6-44-24(39)13-12-23(28(42)45-7-2)33-26(40)21-10-8-19(9-11-21)16-37(18-38)17-20-14-22-25(32-15-20)34-30(35-27(22)41)36-29(43)31(3,4)5/h8-11,14-15,18,23H,6-7,12-13,16-17H2,1-5H3,(H,33,40)(H2,32,34,35,36,41,43)/t23-/m0/s1. The predicted molar refractivity (Wildman–Crippen MR) is 163 cm³/mol. The van der Waals surface area contributed by atoms with E-state index in [9.17, 15) is 29.1 Å². The molecule has 2 heterocycles. The summed E-state index contributed by atoms with van der Waals surface area (Å²) in [7, 11) is 0. The third kappa shape index (κ3) is 9.95. The molecule has 14 heteroatoms. The van der Waals surface area contributed by atoms with Crippen molar-refractivity contribution in [3.8, 4) is 5.88 Å². The number of amides is 3. The molecule has 0 aliphatic heterocycles. The van der Waals surface area contributed by atoms with Gasteiger partial charge in [0.25, 0.3) is 5.91 Å². The van der Waals surface area contributed by atoms with E-state index >= 15 is 0 Å². The highest BCUT2D eigenvalue weighted by Gasteiger charge is 2.25. The highest BCUT2D eigenvalue weighted by atomic mass is 16.5. The highest BCUT2D eigenvalue weighted by molar-refractivity contribution is 5.97. The molecule has 14 nitrogen and oxygen atoms in total. The number of esters is 2. The van der Waals surface area contributed by atoms with Crippen LogP contribution in [-0.4, -0.2) is 74.4 Å². The Morgan fingerprint density at radius 3 is 2.29 bits per heavy atom. The topological polar surface area (TPSA) is 190 Å². The number of fused-ring (bicyclic) bond motifs is 1. The molecule has 3 aromatic rings. The van der Waals surface area contributed by atoms with Gasteiger partial charge < -0.3 is 24.8 Å². The van der Waals surface area contributed by atoms with Gasteiger partial charge in [-0.25, -0.2) is 9.78 Å². The second-order valence-electron chi connectivity index (χ2n) is 11.1. The number of rotatable bonds is 14. The summed E-state index contributed by atoms with van der Waals surface area (Å²) in [6.07, 6.45) is 2.14. The lowest BCUT2D eigenvalue weighted by atomic mass is 9.96. The number of anilines is 1. The van der Waals surface area contributed by atoms with E-state index in [2.05, 4.69) is 25.6 Å². The van der Waals surface area contributed by atoms with Crippen LogP contribution in [0.4, 0.5) is 5.95 Å². The SMILES string of the molecule is CCOC(=O)CC[C@H](NC(=O)c1ccc(CN(C=O)Cc2cnc3nc(NC(=O)C(C)(C)C)nc(O)c3c2)cc1)C(=O)OCC. The van der Waals surface area contributed by atoms with Crippen molar-refractivity contribution < 1.29 is 38.6 Å². The average molecular weight is 623 g/mol. The minimum absolute atomic E-state index is 0.0260. The Morgan fingerprint density at radius 1 is 1.00 bits per heavy atom. The monoisotopic (exact) mass is 622 g/mol. The van der Waals surface area contributed by atoms with Crippen molar-refractivity contribution in [2.45, 2.75) is 66.6 Å². The number of carbonyl (C=O) groups excluding carboxylic acids is 5. The maximum Gasteiger partial charge on any atom is 0.328 e. The molecule has 0 radical (unpaired) electrons. The van der Waals surface area contributed by atoms with E-state index in [1.165, 1.54) is 11.1 Å². The van der Waals surface area contributed by atoms with Gasteiger partial charge in [0.2, 0.25) is 24.1 Å². The van der Waals surface area contributed by atoms with Crippen molar-refractivity contribution in [1.82, 2.24) is 25.2 Å². The summed E-state index contributed by atoms with van der Waals surface area (Å²) in [5, 5.41) is 15.9. The third-order valence-electron chi connectivity index (χ3n) is 6.45. The lowest BCUT2D eigenvalue weighted by Gasteiger charge is -2.19. The Bertz CT molecular complexity index is 1540. The molecule has 0 aliphatic carbocycles. The Labute approximate surface area is 260 Å². The fraction of sp³-hybridized carbons (Fsp3) is 0.419. The van der Waals surface area contributed by atoms with Crippen molar-refractivity contribution in [3.63, 3.8) is 0 Å². The molecule has 45 heavy (non-hydrogen) atoms. The van der Waals surface area contributed by atoms with Crippen molar-refractivity contribution in [1.29, 1.82) is 0 Å². The number of benzene rings is 1. The Balaban J connectivity index is 1.65. The molecule has 1 atom stereocenters. The van der Waals surface area contributed by atoms with Crippen LogP contribution in [0.15, 0.2) is 36.5 Å². The number of pyridine rings is 1. The van der Waals surface area contributed by atoms with Gasteiger partial charge in [-0.3, -0.25) is 24.5 Å². The molecule has 0 saturated heterocycles. The van der Waals surface area contributed by atoms with Gasteiger partial charge in [0.15, 0.2) is 5.65 Å². The molecule has 2 aromatic heterocycles. The fourth-order valence-electron chi connectivity index (χ4n) is 4.06. The van der Waals surface area contributed by atoms with E-state index in [4.69, 9.17) is 9.47 Å². The zero-order chi connectivity index (χ0) is 33.1. The van der Waals surface area contributed by atoms with Gasteiger partial charge in [-0.2, -0.15) is 9.97 Å². The first-order chi connectivity index (χ1) is 21.3. The molecule has 240 valence electrons. The van der Waals surface area contributed by atoms with Crippen molar-refractivity contribution in [2.75, 3.05) is 18.5 Å². The molecular formula is C31H38N6O8. The van der Waals surface area contributed by atoms with E-state index in [-0.39, 0.29) is 73.5 Å². The number of ether oxygens (including phenoxy) is 2. The van der Waals surface area contributed by atoms with Gasteiger partial charge >= 0.3 is 11.9 Å². The number of nitrogens with zero attached hydrogens (tertiary/aromatic N) is 4. The molecule has 0 saturated carbocycles. The van der Waals surface area contributed by atoms with E-state index in [1.807, 2.05) is 0 Å². The number of aromatic hydroxyl groups is 1. The summed E-state index contributed by atoms with van der Waals surface area (Å²) in [5.74, 6) is -2.41. The summed E-state index contributed by atoms with van der Waals surface area (Å²) in [5.41, 5.74) is 1.09. The zero-order valence-electron chi connectivity index (χ0n) is 26.0. The predicted octanol–water partition coefficient (Wildman–Crippen LogP) is 2.88. The maximum absolute atomic E-state index is 12.9. The van der Waals surface area contributed by atoms with Crippen molar-refractivity contribution in [3.05, 3.63) is 53.2 Å². The molecule has 3 rings (SSSR count). The van der Waals surface area contributed by atoms with Crippen LogP contribution in [0.25, 0.3) is 11.0 Å². The Morgan fingerprint density at radius 2 is 1.67 bits per heavy atom.